The van der Waals surface area contributed by atoms with E-state index in [9.17, 15) is 0 Å². The van der Waals surface area contributed by atoms with Crippen molar-refractivity contribution in [3.05, 3.63) is 83.9 Å². The number of benzene rings is 2. The molecule has 3 nitrogen and oxygen atoms in total. The van der Waals surface area contributed by atoms with Crippen molar-refractivity contribution in [2.24, 2.45) is 11.3 Å². The molecule has 1 unspecified atom stereocenters. The molecule has 34 heavy (non-hydrogen) atoms. The van der Waals surface area contributed by atoms with Crippen LogP contribution in [0.15, 0.2) is 72.8 Å². The molecule has 0 N–H and O–H groups in total. The maximum absolute atomic E-state index is 6.82. The Morgan fingerprint density at radius 1 is 0.941 bits per heavy atom. The first-order valence-corrected chi connectivity index (χ1v) is 15.5. The van der Waals surface area contributed by atoms with Gasteiger partial charge in [0.05, 0.1) is 25.9 Å². The van der Waals surface area contributed by atoms with Crippen LogP contribution in [0.5, 0.6) is 0 Å². The minimum Gasteiger partial charge on any atom is -0.416 e. The summed E-state index contributed by atoms with van der Waals surface area (Å²) in [5.41, 5.74) is 3.46. The van der Waals surface area contributed by atoms with Gasteiger partial charge in [0.2, 0.25) is 0 Å². The highest BCUT2D eigenvalue weighted by Gasteiger charge is 2.49. The topological polar surface area (TPSA) is 27.7 Å². The van der Waals surface area contributed by atoms with Crippen molar-refractivity contribution in [3.8, 4) is 0 Å². The fraction of sp³-hybridized carbons (Fsp3) is 0.533. The molecule has 1 aliphatic carbocycles. The van der Waals surface area contributed by atoms with E-state index in [1.807, 2.05) is 12.1 Å². The molecule has 1 aliphatic rings. The lowest BCUT2D eigenvalue weighted by molar-refractivity contribution is -0.114. The molecule has 0 spiro atoms. The van der Waals surface area contributed by atoms with Gasteiger partial charge in [-0.15, -0.1) is 0 Å². The Balaban J connectivity index is 1.78. The summed E-state index contributed by atoms with van der Waals surface area (Å²) in [7, 11) is -1.91. The Bertz CT molecular complexity index is 904. The van der Waals surface area contributed by atoms with Gasteiger partial charge in [-0.3, -0.25) is 0 Å². The second-order valence-electron chi connectivity index (χ2n) is 11.6. The number of ether oxygens (including phenoxy) is 2. The fourth-order valence-electron chi connectivity index (χ4n) is 4.48. The van der Waals surface area contributed by atoms with Crippen molar-refractivity contribution < 1.29 is 13.9 Å². The van der Waals surface area contributed by atoms with Crippen LogP contribution in [-0.4, -0.2) is 27.6 Å². The summed E-state index contributed by atoms with van der Waals surface area (Å²) in [6.07, 6.45) is 2.03. The van der Waals surface area contributed by atoms with E-state index in [1.165, 1.54) is 16.7 Å². The van der Waals surface area contributed by atoms with Crippen LogP contribution in [0, 0.1) is 11.3 Å². The zero-order chi connectivity index (χ0) is 24.8. The van der Waals surface area contributed by atoms with Gasteiger partial charge in [-0.1, -0.05) is 101 Å². The van der Waals surface area contributed by atoms with Crippen LogP contribution in [0.1, 0.15) is 51.7 Å². The summed E-state index contributed by atoms with van der Waals surface area (Å²) >= 11 is 0. The number of hydrogen-bond donors (Lipinski definition) is 0. The Morgan fingerprint density at radius 3 is 2.06 bits per heavy atom. The predicted molar refractivity (Wildman–Crippen MR) is 144 cm³/mol. The first-order chi connectivity index (χ1) is 16.0. The smallest absolute Gasteiger partial charge is 0.192 e. The summed E-state index contributed by atoms with van der Waals surface area (Å²) < 4.78 is 19.7. The van der Waals surface area contributed by atoms with Crippen LogP contribution in [0.4, 0.5) is 0 Å². The first kappa shape index (κ1) is 26.9. The second-order valence-corrected chi connectivity index (χ2v) is 16.4. The third kappa shape index (κ3) is 6.69. The van der Waals surface area contributed by atoms with Gasteiger partial charge in [0.25, 0.3) is 0 Å². The van der Waals surface area contributed by atoms with Gasteiger partial charge in [-0.05, 0) is 42.1 Å². The molecule has 3 rings (SSSR count). The Labute approximate surface area is 208 Å². The van der Waals surface area contributed by atoms with Crippen molar-refractivity contribution in [3.63, 3.8) is 0 Å². The Kier molecular flexibility index (Phi) is 8.97. The second kappa shape index (κ2) is 11.3. The maximum atomic E-state index is 6.82. The highest BCUT2D eigenvalue weighted by molar-refractivity contribution is 6.74. The average molecular weight is 481 g/mol. The molecule has 0 aliphatic heterocycles. The van der Waals surface area contributed by atoms with Crippen LogP contribution in [-0.2, 0) is 27.1 Å². The van der Waals surface area contributed by atoms with E-state index in [4.69, 9.17) is 13.9 Å². The quantitative estimate of drug-likeness (QED) is 0.257. The summed E-state index contributed by atoms with van der Waals surface area (Å²) in [4.78, 5) is 0. The van der Waals surface area contributed by atoms with Gasteiger partial charge in [-0.2, -0.15) is 0 Å². The average Bonchev–Trinajstić information content (AvgIpc) is 2.80. The van der Waals surface area contributed by atoms with E-state index in [0.29, 0.717) is 26.4 Å². The zero-order valence-electron chi connectivity index (χ0n) is 22.1. The van der Waals surface area contributed by atoms with E-state index < -0.39 is 8.32 Å². The minimum atomic E-state index is -1.91. The van der Waals surface area contributed by atoms with Gasteiger partial charge in [0.1, 0.15) is 0 Å². The van der Waals surface area contributed by atoms with Gasteiger partial charge >= 0.3 is 0 Å². The highest BCUT2D eigenvalue weighted by atomic mass is 28.4. The summed E-state index contributed by atoms with van der Waals surface area (Å²) in [6.45, 7) is 20.9. The van der Waals surface area contributed by atoms with Crippen molar-refractivity contribution in [2.75, 3.05) is 13.2 Å². The molecule has 0 amide bonds. The molecule has 0 bridgehead atoms. The molecular formula is C30H44O3Si. The summed E-state index contributed by atoms with van der Waals surface area (Å²) in [5, 5.41) is 0.161. The normalized spacial score (nSPS) is 23.8. The first-order valence-electron chi connectivity index (χ1n) is 12.6. The van der Waals surface area contributed by atoms with Crippen LogP contribution in [0.2, 0.25) is 18.1 Å². The van der Waals surface area contributed by atoms with Crippen molar-refractivity contribution in [2.45, 2.75) is 78.0 Å². The van der Waals surface area contributed by atoms with Crippen molar-refractivity contribution in [1.29, 1.82) is 0 Å². The standard InChI is InChI=1S/C30H44O3Si/c1-24-18-19-28(32-21-26-16-12-9-13-17-26)30(5,23-33-34(6,7)29(2,3)4)27(24)22-31-20-25-14-10-8-11-15-25/h8-17,27-28H,1,18-23H2,2-7H3/t27?,28-,30-/m0/s1. The van der Waals surface area contributed by atoms with Crippen molar-refractivity contribution >= 4 is 8.32 Å². The molecule has 2 aromatic rings. The third-order valence-corrected chi connectivity index (χ3v) is 12.5. The number of rotatable bonds is 10. The Hall–Kier alpha value is -1.72. The van der Waals surface area contributed by atoms with Gasteiger partial charge in [0.15, 0.2) is 8.32 Å². The lowest BCUT2D eigenvalue weighted by Crippen LogP contribution is -2.53. The number of hydrogen-bond acceptors (Lipinski definition) is 3. The summed E-state index contributed by atoms with van der Waals surface area (Å²) in [6, 6.07) is 20.8. The van der Waals surface area contributed by atoms with E-state index in [0.717, 1.165) is 12.8 Å². The van der Waals surface area contributed by atoms with E-state index in [-0.39, 0.29) is 22.5 Å². The van der Waals surface area contributed by atoms with Crippen LogP contribution in [0.3, 0.4) is 0 Å². The molecule has 1 saturated carbocycles. The van der Waals surface area contributed by atoms with Crippen LogP contribution >= 0.6 is 0 Å². The molecule has 0 heterocycles. The van der Waals surface area contributed by atoms with Gasteiger partial charge in [-0.25, -0.2) is 0 Å². The van der Waals surface area contributed by atoms with E-state index >= 15 is 0 Å². The monoisotopic (exact) mass is 480 g/mol. The van der Waals surface area contributed by atoms with E-state index in [1.54, 1.807) is 0 Å². The van der Waals surface area contributed by atoms with E-state index in [2.05, 4.69) is 95.9 Å². The molecule has 0 aromatic heterocycles. The largest absolute Gasteiger partial charge is 0.416 e. The molecule has 4 heteroatoms. The molecule has 0 radical (unpaired) electrons. The zero-order valence-corrected chi connectivity index (χ0v) is 23.1. The van der Waals surface area contributed by atoms with Crippen LogP contribution in [0.25, 0.3) is 0 Å². The fourth-order valence-corrected chi connectivity index (χ4v) is 5.58. The lowest BCUT2D eigenvalue weighted by Gasteiger charge is -2.50. The SMILES string of the molecule is C=C1CC[C@H](OCc2ccccc2)[C@@](C)(CO[Si](C)(C)C(C)(C)C)C1COCc1ccccc1. The van der Waals surface area contributed by atoms with Gasteiger partial charge in [0, 0.05) is 17.9 Å². The molecular weight excluding hydrogens is 436 g/mol. The maximum Gasteiger partial charge on any atom is 0.192 e. The minimum absolute atomic E-state index is 0.0910. The third-order valence-electron chi connectivity index (χ3n) is 7.99. The molecule has 3 atom stereocenters. The molecule has 0 saturated heterocycles. The van der Waals surface area contributed by atoms with Crippen molar-refractivity contribution in [1.82, 2.24) is 0 Å². The van der Waals surface area contributed by atoms with Gasteiger partial charge < -0.3 is 13.9 Å². The predicted octanol–water partition coefficient (Wildman–Crippen LogP) is 7.78. The van der Waals surface area contributed by atoms with Crippen LogP contribution < -0.4 is 0 Å². The lowest BCUT2D eigenvalue weighted by atomic mass is 9.64. The molecule has 1 fully saturated rings. The summed E-state index contributed by atoms with van der Waals surface area (Å²) in [5.74, 6) is 0.190. The molecule has 186 valence electrons. The Morgan fingerprint density at radius 2 is 1.50 bits per heavy atom. The molecule has 2 aromatic carbocycles. The highest BCUT2D eigenvalue weighted by Crippen LogP contribution is 2.47.